The van der Waals surface area contributed by atoms with Crippen molar-refractivity contribution in [1.29, 1.82) is 0 Å². The second kappa shape index (κ2) is 14.4. The Balaban J connectivity index is 1.43. The number of thioether (sulfide) groups is 1. The summed E-state index contributed by atoms with van der Waals surface area (Å²) in [6.07, 6.45) is 6.17. The van der Waals surface area contributed by atoms with E-state index < -0.39 is 18.0 Å². The van der Waals surface area contributed by atoms with E-state index in [1.54, 1.807) is 12.1 Å². The monoisotopic (exact) mass is 626 g/mol. The van der Waals surface area contributed by atoms with Crippen LogP contribution >= 0.6 is 23.4 Å². The van der Waals surface area contributed by atoms with Crippen molar-refractivity contribution in [3.05, 3.63) is 117 Å². The van der Waals surface area contributed by atoms with Crippen LogP contribution in [0.2, 0.25) is 5.02 Å². The molecule has 9 heteroatoms. The maximum absolute atomic E-state index is 13.5. The zero-order valence-electron chi connectivity index (χ0n) is 24.1. The molecule has 44 heavy (non-hydrogen) atoms. The number of halogens is 1. The number of rotatable bonds is 10. The lowest BCUT2D eigenvalue weighted by atomic mass is 9.91. The molecule has 1 unspecified atom stereocenters. The van der Waals surface area contributed by atoms with Gasteiger partial charge in [0.1, 0.15) is 0 Å². The zero-order chi connectivity index (χ0) is 31.1. The standard InChI is InChI=1S/C35H31ClN2O5S/c1-43-35(42)29-11-4-5-12-32(29)44-21-31(38-33(39)27-9-2-3-10-28(27)34(40)41)24-8-6-7-22(19-24)13-17-26-18-15-23-14-16-25(36)20-30(23)37-26/h4-8,11-20,31H,2-3,9-10,21H2,1H3,(H,38,39)(H,40,41)/b17-13+. The number of fused-ring (bicyclic) bond motifs is 1. The number of nitrogens with one attached hydrogen (secondary N) is 1. The lowest BCUT2D eigenvalue weighted by molar-refractivity contribution is -0.133. The highest BCUT2D eigenvalue weighted by Gasteiger charge is 2.26. The Morgan fingerprint density at radius 2 is 1.75 bits per heavy atom. The Labute approximate surface area is 265 Å². The lowest BCUT2D eigenvalue weighted by Crippen LogP contribution is -2.33. The molecule has 7 nitrogen and oxygen atoms in total. The summed E-state index contributed by atoms with van der Waals surface area (Å²) < 4.78 is 4.95. The third-order valence-corrected chi connectivity index (χ3v) is 8.84. The van der Waals surface area contributed by atoms with Crippen LogP contribution in [0.4, 0.5) is 0 Å². The van der Waals surface area contributed by atoms with Crippen molar-refractivity contribution in [2.24, 2.45) is 0 Å². The first-order valence-corrected chi connectivity index (χ1v) is 15.6. The lowest BCUT2D eigenvalue weighted by Gasteiger charge is -2.23. The molecule has 2 N–H and O–H groups in total. The molecule has 0 fully saturated rings. The van der Waals surface area contributed by atoms with Gasteiger partial charge in [-0.15, -0.1) is 11.8 Å². The Morgan fingerprint density at radius 1 is 0.977 bits per heavy atom. The Morgan fingerprint density at radius 3 is 2.55 bits per heavy atom. The molecule has 0 aliphatic heterocycles. The molecule has 0 saturated carbocycles. The molecule has 0 bridgehead atoms. The summed E-state index contributed by atoms with van der Waals surface area (Å²) in [5.41, 5.74) is 4.26. The van der Waals surface area contributed by atoms with Crippen molar-refractivity contribution in [1.82, 2.24) is 10.3 Å². The molecule has 1 aromatic heterocycles. The van der Waals surface area contributed by atoms with Crippen LogP contribution in [-0.2, 0) is 14.3 Å². The van der Waals surface area contributed by atoms with Gasteiger partial charge in [-0.3, -0.25) is 4.79 Å². The molecule has 1 aliphatic carbocycles. The maximum Gasteiger partial charge on any atom is 0.338 e. The number of pyridine rings is 1. The fraction of sp³-hybridized carbons (Fsp3) is 0.200. The molecule has 0 spiro atoms. The van der Waals surface area contributed by atoms with E-state index in [1.807, 2.05) is 78.9 Å². The van der Waals surface area contributed by atoms with Gasteiger partial charge in [0.05, 0.1) is 29.9 Å². The topological polar surface area (TPSA) is 106 Å². The molecule has 224 valence electrons. The second-order valence-corrected chi connectivity index (χ2v) is 11.9. The van der Waals surface area contributed by atoms with Crippen LogP contribution in [0.25, 0.3) is 23.1 Å². The predicted molar refractivity (Wildman–Crippen MR) is 175 cm³/mol. The summed E-state index contributed by atoms with van der Waals surface area (Å²) in [6.45, 7) is 0. The molecule has 4 aromatic rings. The number of ether oxygens (including phenoxy) is 1. The van der Waals surface area contributed by atoms with Crippen LogP contribution < -0.4 is 5.32 Å². The number of carbonyl (C=O) groups is 3. The van der Waals surface area contributed by atoms with Gasteiger partial charge in [-0.05, 0) is 79.3 Å². The fourth-order valence-electron chi connectivity index (χ4n) is 5.16. The van der Waals surface area contributed by atoms with Gasteiger partial charge < -0.3 is 15.2 Å². The molecular formula is C35H31ClN2O5S. The first-order valence-electron chi connectivity index (χ1n) is 14.2. The number of aromatic nitrogens is 1. The van der Waals surface area contributed by atoms with Crippen LogP contribution in [-0.4, -0.2) is 40.8 Å². The predicted octanol–water partition coefficient (Wildman–Crippen LogP) is 7.75. The Kier molecular flexibility index (Phi) is 10.1. The van der Waals surface area contributed by atoms with Crippen LogP contribution in [0, 0.1) is 0 Å². The molecule has 1 amide bonds. The number of carboxylic acids is 1. The average Bonchev–Trinajstić information content (AvgIpc) is 3.05. The highest BCUT2D eigenvalue weighted by molar-refractivity contribution is 7.99. The Bertz CT molecular complexity index is 1780. The summed E-state index contributed by atoms with van der Waals surface area (Å²) in [5, 5.41) is 14.4. The number of nitrogens with zero attached hydrogens (tertiary/aromatic N) is 1. The second-order valence-electron chi connectivity index (χ2n) is 10.4. The van der Waals surface area contributed by atoms with Gasteiger partial charge in [0.25, 0.3) is 0 Å². The van der Waals surface area contributed by atoms with Crippen LogP contribution in [0.3, 0.4) is 0 Å². The molecule has 1 atom stereocenters. The summed E-state index contributed by atoms with van der Waals surface area (Å²) in [7, 11) is 1.34. The van der Waals surface area contributed by atoms with Crippen LogP contribution in [0.15, 0.2) is 94.9 Å². The van der Waals surface area contributed by atoms with Gasteiger partial charge in [0.15, 0.2) is 0 Å². The van der Waals surface area contributed by atoms with Crippen molar-refractivity contribution in [2.75, 3.05) is 12.9 Å². The highest BCUT2D eigenvalue weighted by atomic mass is 35.5. The van der Waals surface area contributed by atoms with Gasteiger partial charge in [-0.1, -0.05) is 60.1 Å². The largest absolute Gasteiger partial charge is 0.478 e. The number of carboxylic acid groups (broad SMARTS) is 1. The normalized spacial score (nSPS) is 14.0. The van der Waals surface area contributed by atoms with Crippen molar-refractivity contribution in [3.63, 3.8) is 0 Å². The van der Waals surface area contributed by atoms with E-state index in [1.165, 1.54) is 18.9 Å². The van der Waals surface area contributed by atoms with E-state index >= 15 is 0 Å². The third-order valence-electron chi connectivity index (χ3n) is 7.44. The fourth-order valence-corrected chi connectivity index (χ4v) is 6.43. The number of esters is 1. The van der Waals surface area contributed by atoms with Gasteiger partial charge >= 0.3 is 11.9 Å². The van der Waals surface area contributed by atoms with Crippen molar-refractivity contribution < 1.29 is 24.2 Å². The summed E-state index contributed by atoms with van der Waals surface area (Å²) in [4.78, 5) is 43.2. The SMILES string of the molecule is COC(=O)c1ccccc1SCC(NC(=O)C1=C(C(=O)O)CCCC1)c1cccc(/C=C/c2ccc3ccc(Cl)cc3n2)c1. The zero-order valence-corrected chi connectivity index (χ0v) is 25.7. The molecule has 1 heterocycles. The number of hydrogen-bond donors (Lipinski definition) is 2. The highest BCUT2D eigenvalue weighted by Crippen LogP contribution is 2.31. The minimum Gasteiger partial charge on any atom is -0.478 e. The number of amides is 1. The van der Waals surface area contributed by atoms with E-state index in [-0.39, 0.29) is 11.5 Å². The quantitative estimate of drug-likeness (QED) is 0.137. The van der Waals surface area contributed by atoms with E-state index in [4.69, 9.17) is 21.3 Å². The van der Waals surface area contributed by atoms with E-state index in [2.05, 4.69) is 5.32 Å². The number of aliphatic carboxylic acids is 1. The van der Waals surface area contributed by atoms with Crippen molar-refractivity contribution >= 4 is 64.3 Å². The van der Waals surface area contributed by atoms with E-state index in [0.717, 1.165) is 45.5 Å². The number of carbonyl (C=O) groups excluding carboxylic acids is 2. The number of methoxy groups -OCH3 is 1. The van der Waals surface area contributed by atoms with Crippen LogP contribution in [0.5, 0.6) is 0 Å². The number of hydrogen-bond acceptors (Lipinski definition) is 6. The Hall–Kier alpha value is -4.40. The number of benzene rings is 3. The minimum absolute atomic E-state index is 0.178. The van der Waals surface area contributed by atoms with Gasteiger partial charge in [0.2, 0.25) is 5.91 Å². The summed E-state index contributed by atoms with van der Waals surface area (Å²) in [6, 6.07) is 24.0. The molecule has 1 aliphatic rings. The first-order chi connectivity index (χ1) is 21.3. The van der Waals surface area contributed by atoms with Gasteiger partial charge in [-0.25, -0.2) is 14.6 Å². The van der Waals surface area contributed by atoms with Crippen molar-refractivity contribution in [2.45, 2.75) is 36.6 Å². The molecule has 0 radical (unpaired) electrons. The minimum atomic E-state index is -1.05. The van der Waals surface area contributed by atoms with Gasteiger partial charge in [-0.2, -0.15) is 0 Å². The summed E-state index contributed by atoms with van der Waals surface area (Å²) >= 11 is 7.57. The van der Waals surface area contributed by atoms with E-state index in [0.29, 0.717) is 34.8 Å². The van der Waals surface area contributed by atoms with Crippen LogP contribution in [0.1, 0.15) is 58.9 Å². The first kappa shape index (κ1) is 31.0. The van der Waals surface area contributed by atoms with E-state index in [9.17, 15) is 19.5 Å². The summed E-state index contributed by atoms with van der Waals surface area (Å²) in [5.74, 6) is -1.47. The van der Waals surface area contributed by atoms with Crippen molar-refractivity contribution in [3.8, 4) is 0 Å². The maximum atomic E-state index is 13.5. The molecule has 0 saturated heterocycles. The van der Waals surface area contributed by atoms with Gasteiger partial charge in [0, 0.05) is 32.2 Å². The molecular weight excluding hydrogens is 596 g/mol. The average molecular weight is 627 g/mol. The smallest absolute Gasteiger partial charge is 0.338 e. The third kappa shape index (κ3) is 7.56. The molecule has 3 aromatic carbocycles. The molecule has 5 rings (SSSR count).